The molecule has 86 valence electrons. The maximum atomic E-state index is 10.7. The molecule has 0 atom stereocenters. The molecule has 0 amide bonds. The first kappa shape index (κ1) is 11.3. The molecule has 1 aromatic heterocycles. The van der Waals surface area contributed by atoms with E-state index in [1.807, 2.05) is 0 Å². The number of pyridine rings is 1. The highest BCUT2D eigenvalue weighted by molar-refractivity contribution is 6.33. The average Bonchev–Trinajstić information content (AvgIpc) is 2.30. The van der Waals surface area contributed by atoms with Gasteiger partial charge in [-0.2, -0.15) is 0 Å². The van der Waals surface area contributed by atoms with Crippen molar-refractivity contribution in [2.24, 2.45) is 0 Å². The molecule has 1 heterocycles. The number of nitrogens with zero attached hydrogens (tertiary/aromatic N) is 2. The molecular formula is C11H8ClN3O2. The van der Waals surface area contributed by atoms with E-state index in [-0.39, 0.29) is 11.4 Å². The minimum Gasteiger partial charge on any atom is -0.393 e. The van der Waals surface area contributed by atoms with E-state index in [0.717, 1.165) is 6.20 Å². The van der Waals surface area contributed by atoms with Crippen molar-refractivity contribution in [1.82, 2.24) is 4.98 Å². The molecule has 0 unspecified atom stereocenters. The van der Waals surface area contributed by atoms with Crippen LogP contribution in [0.5, 0.6) is 0 Å². The standard InChI is InChI=1S/C11H8ClN3O2/c12-9-4-2-1-3-7(9)8-5-14-6-10(11(8)13)15(16)17/h1-6H,(H2,13,14). The van der Waals surface area contributed by atoms with Crippen LogP contribution in [0.1, 0.15) is 0 Å². The largest absolute Gasteiger partial charge is 0.393 e. The molecule has 1 aromatic carbocycles. The Balaban J connectivity index is 2.65. The maximum Gasteiger partial charge on any atom is 0.310 e. The van der Waals surface area contributed by atoms with Crippen LogP contribution in [-0.2, 0) is 0 Å². The molecule has 0 aliphatic carbocycles. The lowest BCUT2D eigenvalue weighted by Gasteiger charge is -2.06. The third kappa shape index (κ3) is 2.05. The van der Waals surface area contributed by atoms with Crippen LogP contribution in [0, 0.1) is 10.1 Å². The van der Waals surface area contributed by atoms with Crippen LogP contribution in [0.2, 0.25) is 5.02 Å². The molecule has 0 aliphatic heterocycles. The van der Waals surface area contributed by atoms with Crippen molar-refractivity contribution in [2.75, 3.05) is 5.73 Å². The van der Waals surface area contributed by atoms with Gasteiger partial charge >= 0.3 is 5.69 Å². The highest BCUT2D eigenvalue weighted by Crippen LogP contribution is 2.35. The molecule has 0 bridgehead atoms. The molecule has 0 fully saturated rings. The van der Waals surface area contributed by atoms with Gasteiger partial charge in [0.15, 0.2) is 0 Å². The third-order valence-electron chi connectivity index (χ3n) is 2.33. The van der Waals surface area contributed by atoms with Gasteiger partial charge < -0.3 is 5.73 Å². The molecule has 0 saturated carbocycles. The monoisotopic (exact) mass is 249 g/mol. The molecule has 2 aromatic rings. The van der Waals surface area contributed by atoms with E-state index in [9.17, 15) is 10.1 Å². The summed E-state index contributed by atoms with van der Waals surface area (Å²) in [6, 6.07) is 6.97. The zero-order valence-electron chi connectivity index (χ0n) is 8.63. The molecule has 0 saturated heterocycles. The fourth-order valence-corrected chi connectivity index (χ4v) is 1.74. The smallest absolute Gasteiger partial charge is 0.310 e. The molecule has 2 rings (SSSR count). The number of anilines is 1. The number of hydrogen-bond acceptors (Lipinski definition) is 4. The summed E-state index contributed by atoms with van der Waals surface area (Å²) in [5.74, 6) is 0. The van der Waals surface area contributed by atoms with Crippen LogP contribution < -0.4 is 5.73 Å². The van der Waals surface area contributed by atoms with Gasteiger partial charge in [0.05, 0.1) is 4.92 Å². The number of nitrogen functional groups attached to an aromatic ring is 1. The number of nitrogens with two attached hydrogens (primary N) is 1. The Morgan fingerprint density at radius 3 is 2.59 bits per heavy atom. The maximum absolute atomic E-state index is 10.7. The van der Waals surface area contributed by atoms with Crippen LogP contribution in [-0.4, -0.2) is 9.91 Å². The minimum absolute atomic E-state index is 0.0677. The molecule has 0 radical (unpaired) electrons. The summed E-state index contributed by atoms with van der Waals surface area (Å²) < 4.78 is 0. The highest BCUT2D eigenvalue weighted by Gasteiger charge is 2.17. The van der Waals surface area contributed by atoms with Gasteiger partial charge in [-0.25, -0.2) is 0 Å². The predicted molar refractivity (Wildman–Crippen MR) is 65.7 cm³/mol. The molecular weight excluding hydrogens is 242 g/mol. The molecule has 2 N–H and O–H groups in total. The number of nitro groups is 1. The molecule has 17 heavy (non-hydrogen) atoms. The highest BCUT2D eigenvalue weighted by atomic mass is 35.5. The Labute approximate surface area is 102 Å². The van der Waals surface area contributed by atoms with E-state index in [1.165, 1.54) is 6.20 Å². The van der Waals surface area contributed by atoms with Crippen LogP contribution in [0.3, 0.4) is 0 Å². The van der Waals surface area contributed by atoms with Crippen LogP contribution in [0.25, 0.3) is 11.1 Å². The molecule has 0 aliphatic rings. The molecule has 0 spiro atoms. The number of rotatable bonds is 2. The van der Waals surface area contributed by atoms with E-state index in [2.05, 4.69) is 4.98 Å². The number of hydrogen-bond donors (Lipinski definition) is 1. The van der Waals surface area contributed by atoms with Crippen molar-refractivity contribution < 1.29 is 4.92 Å². The zero-order valence-corrected chi connectivity index (χ0v) is 9.39. The Morgan fingerprint density at radius 1 is 1.24 bits per heavy atom. The van der Waals surface area contributed by atoms with E-state index >= 15 is 0 Å². The quantitative estimate of drug-likeness (QED) is 0.655. The van der Waals surface area contributed by atoms with Crippen LogP contribution in [0.15, 0.2) is 36.7 Å². The first-order valence-electron chi connectivity index (χ1n) is 4.74. The minimum atomic E-state index is -0.567. The topological polar surface area (TPSA) is 82.0 Å². The van der Waals surface area contributed by atoms with E-state index in [0.29, 0.717) is 16.1 Å². The Bertz CT molecular complexity index is 587. The fraction of sp³-hybridized carbons (Fsp3) is 0. The molecule has 6 heteroatoms. The van der Waals surface area contributed by atoms with Gasteiger partial charge in [-0.05, 0) is 6.07 Å². The normalized spacial score (nSPS) is 10.2. The Morgan fingerprint density at radius 2 is 1.94 bits per heavy atom. The van der Waals surface area contributed by atoms with E-state index < -0.39 is 4.92 Å². The summed E-state index contributed by atoms with van der Waals surface area (Å²) in [6.45, 7) is 0. The summed E-state index contributed by atoms with van der Waals surface area (Å²) in [5.41, 5.74) is 6.68. The van der Waals surface area contributed by atoms with Gasteiger partial charge in [-0.1, -0.05) is 29.8 Å². The second kappa shape index (κ2) is 4.39. The Kier molecular flexibility index (Phi) is 2.93. The van der Waals surface area contributed by atoms with Crippen molar-refractivity contribution in [3.05, 3.63) is 51.8 Å². The van der Waals surface area contributed by atoms with Gasteiger partial charge in [-0.3, -0.25) is 15.1 Å². The average molecular weight is 250 g/mol. The van der Waals surface area contributed by atoms with E-state index in [1.54, 1.807) is 24.3 Å². The lowest BCUT2D eigenvalue weighted by atomic mass is 10.1. The second-order valence-corrected chi connectivity index (χ2v) is 3.76. The third-order valence-corrected chi connectivity index (χ3v) is 2.66. The number of benzene rings is 1. The lowest BCUT2D eigenvalue weighted by molar-refractivity contribution is -0.384. The van der Waals surface area contributed by atoms with Gasteiger partial charge in [0, 0.05) is 22.3 Å². The van der Waals surface area contributed by atoms with Crippen LogP contribution in [0.4, 0.5) is 11.4 Å². The van der Waals surface area contributed by atoms with Crippen molar-refractivity contribution in [3.8, 4) is 11.1 Å². The first-order valence-corrected chi connectivity index (χ1v) is 5.12. The SMILES string of the molecule is Nc1c(-c2ccccc2Cl)cncc1[N+](=O)[O-]. The number of halogens is 1. The van der Waals surface area contributed by atoms with Crippen molar-refractivity contribution in [3.63, 3.8) is 0 Å². The fourth-order valence-electron chi connectivity index (χ4n) is 1.50. The summed E-state index contributed by atoms with van der Waals surface area (Å²) >= 11 is 6.01. The summed E-state index contributed by atoms with van der Waals surface area (Å²) in [5, 5.41) is 11.2. The van der Waals surface area contributed by atoms with Gasteiger partial charge in [0.25, 0.3) is 0 Å². The first-order chi connectivity index (χ1) is 8.11. The zero-order chi connectivity index (χ0) is 12.4. The van der Waals surface area contributed by atoms with E-state index in [4.69, 9.17) is 17.3 Å². The van der Waals surface area contributed by atoms with Crippen molar-refractivity contribution in [2.45, 2.75) is 0 Å². The van der Waals surface area contributed by atoms with Crippen molar-refractivity contribution >= 4 is 23.0 Å². The summed E-state index contributed by atoms with van der Waals surface area (Å²) in [6.07, 6.45) is 2.58. The number of aromatic nitrogens is 1. The van der Waals surface area contributed by atoms with Gasteiger partial charge in [0.1, 0.15) is 11.9 Å². The van der Waals surface area contributed by atoms with Crippen molar-refractivity contribution in [1.29, 1.82) is 0 Å². The van der Waals surface area contributed by atoms with Gasteiger partial charge in [-0.15, -0.1) is 0 Å². The van der Waals surface area contributed by atoms with Crippen LogP contribution >= 0.6 is 11.6 Å². The Hall–Kier alpha value is -2.14. The summed E-state index contributed by atoms with van der Waals surface area (Å²) in [7, 11) is 0. The predicted octanol–water partition coefficient (Wildman–Crippen LogP) is 2.89. The second-order valence-electron chi connectivity index (χ2n) is 3.36. The molecule has 5 nitrogen and oxygen atoms in total. The van der Waals surface area contributed by atoms with Gasteiger partial charge in [0.2, 0.25) is 0 Å². The summed E-state index contributed by atoms with van der Waals surface area (Å²) in [4.78, 5) is 14.0. The lowest BCUT2D eigenvalue weighted by Crippen LogP contribution is -1.99.